The molecule has 1 atom stereocenters. The van der Waals surface area contributed by atoms with Gasteiger partial charge in [0.1, 0.15) is 0 Å². The first-order valence-electron chi connectivity index (χ1n) is 6.31. The zero-order valence-corrected chi connectivity index (χ0v) is 11.7. The number of benzene rings is 1. The summed E-state index contributed by atoms with van der Waals surface area (Å²) in [6, 6.07) is 8.52. The number of nitrogens with zero attached hydrogens (tertiary/aromatic N) is 1. The van der Waals surface area contributed by atoms with Crippen LogP contribution in [0.25, 0.3) is 0 Å². The second-order valence-electron chi connectivity index (χ2n) is 5.44. The number of hydrogen-bond donors (Lipinski definition) is 1. The monoisotopic (exact) mass is 235 g/mol. The summed E-state index contributed by atoms with van der Waals surface area (Å²) < 4.78 is 0. The third-order valence-electron chi connectivity index (χ3n) is 3.83. The van der Waals surface area contributed by atoms with Crippen LogP contribution in [0.15, 0.2) is 24.3 Å². The maximum absolute atomic E-state index is 10.3. The Morgan fingerprint density at radius 1 is 1.12 bits per heavy atom. The van der Waals surface area contributed by atoms with Crippen molar-refractivity contribution in [3.8, 4) is 0 Å². The maximum atomic E-state index is 10.3. The molecule has 0 heterocycles. The van der Waals surface area contributed by atoms with E-state index in [2.05, 4.69) is 49.9 Å². The Kier molecular flexibility index (Phi) is 4.72. The Hall–Kier alpha value is -0.860. The fourth-order valence-electron chi connectivity index (χ4n) is 1.68. The summed E-state index contributed by atoms with van der Waals surface area (Å²) in [5.74, 6) is 0. The molecule has 1 rings (SSSR count). The molecule has 0 saturated heterocycles. The van der Waals surface area contributed by atoms with E-state index in [1.165, 1.54) is 11.1 Å². The Morgan fingerprint density at radius 2 is 1.59 bits per heavy atom. The van der Waals surface area contributed by atoms with Gasteiger partial charge in [-0.2, -0.15) is 0 Å². The molecule has 0 aliphatic heterocycles. The lowest BCUT2D eigenvalue weighted by atomic mass is 9.90. The van der Waals surface area contributed by atoms with Crippen LogP contribution in [0.2, 0.25) is 0 Å². The number of rotatable bonds is 5. The molecule has 1 N–H and O–H groups in total. The quantitative estimate of drug-likeness (QED) is 0.847. The third-order valence-corrected chi connectivity index (χ3v) is 3.83. The number of hydrogen-bond acceptors (Lipinski definition) is 2. The minimum Gasteiger partial charge on any atom is -0.391 e. The second-order valence-corrected chi connectivity index (χ2v) is 5.44. The third kappa shape index (κ3) is 3.55. The van der Waals surface area contributed by atoms with E-state index in [0.717, 1.165) is 6.42 Å². The van der Waals surface area contributed by atoms with Crippen molar-refractivity contribution < 1.29 is 5.11 Å². The highest BCUT2D eigenvalue weighted by Crippen LogP contribution is 2.19. The van der Waals surface area contributed by atoms with Gasteiger partial charge in [0.15, 0.2) is 0 Å². The van der Waals surface area contributed by atoms with Crippen LogP contribution in [0.3, 0.4) is 0 Å². The summed E-state index contributed by atoms with van der Waals surface area (Å²) in [5.41, 5.74) is 2.34. The van der Waals surface area contributed by atoms with Gasteiger partial charge in [-0.25, -0.2) is 0 Å². The largest absolute Gasteiger partial charge is 0.391 e. The smallest absolute Gasteiger partial charge is 0.0758 e. The number of aryl methyl sites for hydroxylation is 1. The fourth-order valence-corrected chi connectivity index (χ4v) is 1.68. The average Bonchev–Trinajstić information content (AvgIpc) is 2.29. The van der Waals surface area contributed by atoms with Gasteiger partial charge < -0.3 is 10.0 Å². The molecule has 0 saturated carbocycles. The first-order valence-corrected chi connectivity index (χ1v) is 6.31. The zero-order chi connectivity index (χ0) is 13.1. The molecule has 0 aromatic heterocycles. The molecular weight excluding hydrogens is 210 g/mol. The second kappa shape index (κ2) is 5.65. The normalized spacial score (nSPS) is 14.1. The van der Waals surface area contributed by atoms with Crippen molar-refractivity contribution in [1.82, 2.24) is 4.90 Å². The molecule has 2 heteroatoms. The summed E-state index contributed by atoms with van der Waals surface area (Å²) in [7, 11) is 4.01. The van der Waals surface area contributed by atoms with Crippen LogP contribution in [0, 0.1) is 0 Å². The van der Waals surface area contributed by atoms with E-state index in [4.69, 9.17) is 0 Å². The van der Waals surface area contributed by atoms with E-state index in [1.54, 1.807) is 0 Å². The molecule has 0 bridgehead atoms. The van der Waals surface area contributed by atoms with Crippen LogP contribution in [0.1, 0.15) is 31.9 Å². The van der Waals surface area contributed by atoms with Crippen LogP contribution in [0.4, 0.5) is 0 Å². The highest BCUT2D eigenvalue weighted by Gasteiger charge is 2.29. The van der Waals surface area contributed by atoms with Gasteiger partial charge in [-0.3, -0.25) is 0 Å². The van der Waals surface area contributed by atoms with E-state index in [0.29, 0.717) is 6.42 Å². The number of aliphatic hydroxyl groups is 1. The van der Waals surface area contributed by atoms with Crippen LogP contribution in [-0.4, -0.2) is 35.7 Å². The van der Waals surface area contributed by atoms with Crippen molar-refractivity contribution in [1.29, 1.82) is 0 Å². The summed E-state index contributed by atoms with van der Waals surface area (Å²) in [5, 5.41) is 10.3. The number of aliphatic hydroxyl groups excluding tert-OH is 1. The lowest BCUT2D eigenvalue weighted by Gasteiger charge is -2.37. The first-order chi connectivity index (χ1) is 7.87. The molecule has 1 aromatic rings. The van der Waals surface area contributed by atoms with E-state index >= 15 is 0 Å². The van der Waals surface area contributed by atoms with E-state index in [-0.39, 0.29) is 11.6 Å². The molecule has 0 aliphatic rings. The molecule has 0 amide bonds. The minimum absolute atomic E-state index is 0.205. The van der Waals surface area contributed by atoms with Gasteiger partial charge in [-0.15, -0.1) is 0 Å². The summed E-state index contributed by atoms with van der Waals surface area (Å²) in [6.07, 6.45) is 1.41. The Morgan fingerprint density at radius 3 is 2.00 bits per heavy atom. The van der Waals surface area contributed by atoms with Crippen molar-refractivity contribution in [3.05, 3.63) is 35.4 Å². The van der Waals surface area contributed by atoms with Crippen molar-refractivity contribution in [2.24, 2.45) is 0 Å². The molecule has 96 valence electrons. The van der Waals surface area contributed by atoms with E-state index < -0.39 is 0 Å². The maximum Gasteiger partial charge on any atom is 0.0758 e. The highest BCUT2D eigenvalue weighted by atomic mass is 16.3. The zero-order valence-electron chi connectivity index (χ0n) is 11.7. The van der Waals surface area contributed by atoms with Gasteiger partial charge >= 0.3 is 0 Å². The molecule has 0 aliphatic carbocycles. The molecule has 0 spiro atoms. The van der Waals surface area contributed by atoms with Crippen LogP contribution in [-0.2, 0) is 12.8 Å². The number of likely N-dealkylation sites (N-methyl/N-ethyl adjacent to an activating group) is 1. The van der Waals surface area contributed by atoms with Crippen LogP contribution in [0.5, 0.6) is 0 Å². The lowest BCUT2D eigenvalue weighted by molar-refractivity contribution is 0.0183. The predicted octanol–water partition coefficient (Wildman–Crippen LogP) is 2.49. The molecule has 1 unspecified atom stereocenters. The SMILES string of the molecule is CCc1ccc(CC(O)C(C)(C)N(C)C)cc1. The van der Waals surface area contributed by atoms with Crippen LogP contribution >= 0.6 is 0 Å². The Labute approximate surface area is 105 Å². The van der Waals surface area contributed by atoms with E-state index in [9.17, 15) is 5.11 Å². The summed E-state index contributed by atoms with van der Waals surface area (Å²) >= 11 is 0. The standard InChI is InChI=1S/C15H25NO/c1-6-12-7-9-13(10-8-12)11-14(17)15(2,3)16(4)5/h7-10,14,17H,6,11H2,1-5H3. The molecular formula is C15H25NO. The van der Waals surface area contributed by atoms with Crippen molar-refractivity contribution >= 4 is 0 Å². The van der Waals surface area contributed by atoms with Gasteiger partial charge in [0.2, 0.25) is 0 Å². The first kappa shape index (κ1) is 14.2. The van der Waals surface area contributed by atoms with Gasteiger partial charge in [-0.05, 0) is 45.5 Å². The molecule has 0 radical (unpaired) electrons. The Balaban J connectivity index is 2.70. The lowest BCUT2D eigenvalue weighted by Crippen LogP contribution is -2.49. The molecule has 2 nitrogen and oxygen atoms in total. The molecule has 1 aromatic carbocycles. The van der Waals surface area contributed by atoms with Crippen LogP contribution < -0.4 is 0 Å². The Bertz CT molecular complexity index is 340. The van der Waals surface area contributed by atoms with Crippen molar-refractivity contribution in [2.45, 2.75) is 45.3 Å². The summed E-state index contributed by atoms with van der Waals surface area (Å²) in [6.45, 7) is 6.29. The summed E-state index contributed by atoms with van der Waals surface area (Å²) in [4.78, 5) is 2.07. The van der Waals surface area contributed by atoms with Crippen molar-refractivity contribution in [3.63, 3.8) is 0 Å². The van der Waals surface area contributed by atoms with E-state index in [1.807, 2.05) is 14.1 Å². The van der Waals surface area contributed by atoms with Gasteiger partial charge in [0.25, 0.3) is 0 Å². The average molecular weight is 235 g/mol. The molecule has 17 heavy (non-hydrogen) atoms. The van der Waals surface area contributed by atoms with Crippen molar-refractivity contribution in [2.75, 3.05) is 14.1 Å². The van der Waals surface area contributed by atoms with Gasteiger partial charge in [0.05, 0.1) is 6.10 Å². The van der Waals surface area contributed by atoms with Gasteiger partial charge in [0, 0.05) is 12.0 Å². The highest BCUT2D eigenvalue weighted by molar-refractivity contribution is 5.23. The van der Waals surface area contributed by atoms with Gasteiger partial charge in [-0.1, -0.05) is 31.2 Å². The topological polar surface area (TPSA) is 23.5 Å². The minimum atomic E-state index is -0.357. The fraction of sp³-hybridized carbons (Fsp3) is 0.600. The predicted molar refractivity (Wildman–Crippen MR) is 73.3 cm³/mol. The molecule has 0 fully saturated rings.